The third-order valence-corrected chi connectivity index (χ3v) is 4.33. The number of azo groups is 1. The Morgan fingerprint density at radius 1 is 0.960 bits per heavy atom. The number of benzene rings is 2. The van der Waals surface area contributed by atoms with Crippen molar-refractivity contribution in [1.29, 1.82) is 0 Å². The van der Waals surface area contributed by atoms with Crippen molar-refractivity contribution in [3.05, 3.63) is 66.4 Å². The third-order valence-electron chi connectivity index (χ3n) is 4.33. The highest BCUT2D eigenvalue weighted by Gasteiger charge is 2.08. The summed E-state index contributed by atoms with van der Waals surface area (Å²) >= 11 is 0. The molecule has 0 spiro atoms. The molecule has 0 aliphatic carbocycles. The summed E-state index contributed by atoms with van der Waals surface area (Å²) in [4.78, 5) is 0. The SMILES string of the molecule is CCCC(CCCc1ccccc1)N=Nc1nncc2ccccc12. The zero-order valence-electron chi connectivity index (χ0n) is 14.7. The van der Waals surface area contributed by atoms with Crippen LogP contribution in [0.2, 0.25) is 0 Å². The number of hydrogen-bond acceptors (Lipinski definition) is 4. The molecule has 0 aliphatic heterocycles. The molecule has 3 rings (SSSR count). The third kappa shape index (κ3) is 4.92. The molecule has 4 nitrogen and oxygen atoms in total. The van der Waals surface area contributed by atoms with Crippen molar-refractivity contribution in [2.45, 2.75) is 45.1 Å². The lowest BCUT2D eigenvalue weighted by molar-refractivity contribution is 0.523. The van der Waals surface area contributed by atoms with Gasteiger partial charge in [0, 0.05) is 10.8 Å². The minimum atomic E-state index is 0.245. The molecule has 2 aromatic carbocycles. The monoisotopic (exact) mass is 332 g/mol. The Labute approximate surface area is 149 Å². The molecule has 0 bridgehead atoms. The van der Waals surface area contributed by atoms with E-state index < -0.39 is 0 Å². The van der Waals surface area contributed by atoms with Crippen LogP contribution in [0.1, 0.15) is 38.2 Å². The number of aromatic nitrogens is 2. The highest BCUT2D eigenvalue weighted by atomic mass is 15.2. The lowest BCUT2D eigenvalue weighted by Gasteiger charge is -2.10. The van der Waals surface area contributed by atoms with Crippen molar-refractivity contribution >= 4 is 16.6 Å². The molecular weight excluding hydrogens is 308 g/mol. The summed E-state index contributed by atoms with van der Waals surface area (Å²) in [5.41, 5.74) is 1.38. The van der Waals surface area contributed by atoms with Crippen LogP contribution in [0.4, 0.5) is 5.82 Å². The number of hydrogen-bond donors (Lipinski definition) is 0. The van der Waals surface area contributed by atoms with E-state index in [0.717, 1.165) is 42.9 Å². The van der Waals surface area contributed by atoms with E-state index >= 15 is 0 Å². The van der Waals surface area contributed by atoms with E-state index in [4.69, 9.17) is 0 Å². The first-order valence-electron chi connectivity index (χ1n) is 9.02. The molecule has 0 radical (unpaired) electrons. The maximum atomic E-state index is 4.59. The Hall–Kier alpha value is -2.62. The molecule has 1 heterocycles. The van der Waals surface area contributed by atoms with E-state index in [-0.39, 0.29) is 6.04 Å². The largest absolute Gasteiger partial charge is 0.203 e. The van der Waals surface area contributed by atoms with Crippen LogP contribution in [-0.4, -0.2) is 16.2 Å². The standard InChI is InChI=1S/C21H24N4/c1-2-9-19(14-8-12-17-10-4-3-5-11-17)23-25-21-20-15-7-6-13-18(20)16-22-24-21/h3-7,10-11,13,15-16,19H,2,8-9,12,14H2,1H3. The van der Waals surface area contributed by atoms with Crippen molar-refractivity contribution in [2.75, 3.05) is 0 Å². The molecular formula is C21H24N4. The Balaban J connectivity index is 1.65. The van der Waals surface area contributed by atoms with E-state index in [1.165, 1.54) is 5.56 Å². The van der Waals surface area contributed by atoms with Gasteiger partial charge in [-0.1, -0.05) is 67.9 Å². The number of rotatable bonds is 8. The van der Waals surface area contributed by atoms with Gasteiger partial charge < -0.3 is 0 Å². The predicted molar refractivity (Wildman–Crippen MR) is 102 cm³/mol. The molecule has 0 aliphatic rings. The molecule has 0 saturated carbocycles. The molecule has 3 aromatic rings. The van der Waals surface area contributed by atoms with Crippen LogP contribution in [0.15, 0.2) is 71.0 Å². The van der Waals surface area contributed by atoms with Gasteiger partial charge in [-0.3, -0.25) is 0 Å². The highest BCUT2D eigenvalue weighted by Crippen LogP contribution is 2.23. The Kier molecular flexibility index (Phi) is 6.21. The van der Waals surface area contributed by atoms with Crippen molar-refractivity contribution in [2.24, 2.45) is 10.2 Å². The lowest BCUT2D eigenvalue weighted by Crippen LogP contribution is -2.04. The summed E-state index contributed by atoms with van der Waals surface area (Å²) in [6.07, 6.45) is 7.18. The fourth-order valence-corrected chi connectivity index (χ4v) is 3.00. The van der Waals surface area contributed by atoms with Gasteiger partial charge in [-0.05, 0) is 31.2 Å². The molecule has 0 amide bonds. The Morgan fingerprint density at radius 2 is 1.76 bits per heavy atom. The van der Waals surface area contributed by atoms with Gasteiger partial charge in [0.25, 0.3) is 0 Å². The quantitative estimate of drug-likeness (QED) is 0.482. The molecule has 0 N–H and O–H groups in total. The second kappa shape index (κ2) is 9.02. The minimum Gasteiger partial charge on any atom is -0.184 e. The maximum absolute atomic E-state index is 4.59. The number of nitrogens with zero attached hydrogens (tertiary/aromatic N) is 4. The average Bonchev–Trinajstić information content (AvgIpc) is 2.67. The first-order chi connectivity index (χ1) is 12.4. The summed E-state index contributed by atoms with van der Waals surface area (Å²) in [7, 11) is 0. The molecule has 1 atom stereocenters. The summed E-state index contributed by atoms with van der Waals surface area (Å²) in [5.74, 6) is 0.613. The zero-order chi connectivity index (χ0) is 17.3. The van der Waals surface area contributed by atoms with Gasteiger partial charge in [0.05, 0.1) is 12.2 Å². The van der Waals surface area contributed by atoms with Crippen molar-refractivity contribution in [1.82, 2.24) is 10.2 Å². The Morgan fingerprint density at radius 3 is 2.60 bits per heavy atom. The fourth-order valence-electron chi connectivity index (χ4n) is 3.00. The Bertz CT molecular complexity index is 809. The molecule has 128 valence electrons. The first-order valence-corrected chi connectivity index (χ1v) is 9.02. The van der Waals surface area contributed by atoms with Gasteiger partial charge in [-0.25, -0.2) is 0 Å². The molecule has 1 aromatic heterocycles. The van der Waals surface area contributed by atoms with Crippen molar-refractivity contribution in [3.8, 4) is 0 Å². The van der Waals surface area contributed by atoms with Crippen LogP contribution in [-0.2, 0) is 6.42 Å². The minimum absolute atomic E-state index is 0.245. The van der Waals surface area contributed by atoms with Crippen LogP contribution >= 0.6 is 0 Å². The van der Waals surface area contributed by atoms with Crippen LogP contribution < -0.4 is 0 Å². The van der Waals surface area contributed by atoms with Crippen molar-refractivity contribution in [3.63, 3.8) is 0 Å². The van der Waals surface area contributed by atoms with Crippen LogP contribution in [0.5, 0.6) is 0 Å². The van der Waals surface area contributed by atoms with Crippen molar-refractivity contribution < 1.29 is 0 Å². The van der Waals surface area contributed by atoms with E-state index in [9.17, 15) is 0 Å². The van der Waals surface area contributed by atoms with E-state index in [2.05, 4.69) is 57.7 Å². The van der Waals surface area contributed by atoms with E-state index in [1.807, 2.05) is 24.3 Å². The normalized spacial score (nSPS) is 12.7. The number of fused-ring (bicyclic) bond motifs is 1. The molecule has 0 saturated heterocycles. The first kappa shape index (κ1) is 17.2. The van der Waals surface area contributed by atoms with E-state index in [1.54, 1.807) is 6.20 Å². The average molecular weight is 332 g/mol. The van der Waals surface area contributed by atoms with Crippen LogP contribution in [0.3, 0.4) is 0 Å². The lowest BCUT2D eigenvalue weighted by atomic mass is 10.0. The summed E-state index contributed by atoms with van der Waals surface area (Å²) < 4.78 is 0. The number of aryl methyl sites for hydroxylation is 1. The zero-order valence-corrected chi connectivity index (χ0v) is 14.7. The van der Waals surface area contributed by atoms with E-state index in [0.29, 0.717) is 5.82 Å². The molecule has 0 fully saturated rings. The second-order valence-corrected chi connectivity index (χ2v) is 6.29. The smallest absolute Gasteiger partial charge is 0.184 e. The van der Waals surface area contributed by atoms with Gasteiger partial charge in [0.2, 0.25) is 5.82 Å². The van der Waals surface area contributed by atoms with Gasteiger partial charge in [0.1, 0.15) is 0 Å². The molecule has 25 heavy (non-hydrogen) atoms. The maximum Gasteiger partial charge on any atom is 0.203 e. The molecule has 4 heteroatoms. The van der Waals surface area contributed by atoms with Gasteiger partial charge in [-0.15, -0.1) is 10.2 Å². The van der Waals surface area contributed by atoms with Gasteiger partial charge in [0.15, 0.2) is 0 Å². The topological polar surface area (TPSA) is 50.5 Å². The van der Waals surface area contributed by atoms with Crippen LogP contribution in [0.25, 0.3) is 10.8 Å². The molecule has 1 unspecified atom stereocenters. The second-order valence-electron chi connectivity index (χ2n) is 6.29. The highest BCUT2D eigenvalue weighted by molar-refractivity contribution is 5.89. The summed E-state index contributed by atoms with van der Waals surface area (Å²) in [6, 6.07) is 18.9. The predicted octanol–water partition coefficient (Wildman–Crippen LogP) is 5.91. The fraction of sp³-hybridized carbons (Fsp3) is 0.333. The van der Waals surface area contributed by atoms with Gasteiger partial charge in [-0.2, -0.15) is 10.2 Å². The summed E-state index contributed by atoms with van der Waals surface area (Å²) in [6.45, 7) is 2.19. The van der Waals surface area contributed by atoms with Gasteiger partial charge >= 0.3 is 0 Å². The van der Waals surface area contributed by atoms with Crippen LogP contribution in [0, 0.1) is 0 Å². The summed E-state index contributed by atoms with van der Waals surface area (Å²) in [5, 5.41) is 19.3.